The van der Waals surface area contributed by atoms with Gasteiger partial charge in [-0.05, 0) is 36.6 Å². The van der Waals surface area contributed by atoms with Gasteiger partial charge in [-0.25, -0.2) is 0 Å². The molecular weight excluding hydrogens is 268 g/mol. The number of rotatable bonds is 3. The Balaban J connectivity index is 1.58. The molecule has 0 spiro atoms. The van der Waals surface area contributed by atoms with Gasteiger partial charge < -0.3 is 20.5 Å². The summed E-state index contributed by atoms with van der Waals surface area (Å²) in [5.74, 6) is 0.809. The van der Waals surface area contributed by atoms with Gasteiger partial charge in [-0.2, -0.15) is 0 Å². The second-order valence-corrected chi connectivity index (χ2v) is 6.09. The minimum absolute atomic E-state index is 0.0854. The third-order valence-electron chi connectivity index (χ3n) is 4.49. The molecule has 1 amide bonds. The molecule has 0 bridgehead atoms. The second-order valence-electron chi connectivity index (χ2n) is 6.09. The van der Waals surface area contributed by atoms with Gasteiger partial charge in [-0.3, -0.25) is 4.79 Å². The molecule has 5 heteroatoms. The fourth-order valence-corrected chi connectivity index (χ4v) is 2.93. The van der Waals surface area contributed by atoms with Crippen molar-refractivity contribution in [1.82, 2.24) is 10.6 Å². The lowest BCUT2D eigenvalue weighted by Crippen LogP contribution is -2.41. The summed E-state index contributed by atoms with van der Waals surface area (Å²) in [6, 6.07) is 4.10. The minimum Gasteiger partial charge on any atom is -0.480 e. The summed E-state index contributed by atoms with van der Waals surface area (Å²) >= 11 is 0. The normalized spacial score (nSPS) is 27.3. The molecule has 1 saturated heterocycles. The van der Waals surface area contributed by atoms with Crippen molar-refractivity contribution in [3.05, 3.63) is 28.8 Å². The second kappa shape index (κ2) is 5.66. The fraction of sp³-hybridized carbons (Fsp3) is 0.562. The lowest BCUT2D eigenvalue weighted by molar-refractivity contribution is -0.127. The highest BCUT2D eigenvalue weighted by Crippen LogP contribution is 2.31. The molecule has 3 unspecified atom stereocenters. The molecular formula is C16H22N2O3. The number of carbonyl (C=O) groups excluding carboxylic acids is 1. The van der Waals surface area contributed by atoms with Crippen LogP contribution in [0.1, 0.15) is 16.7 Å². The average molecular weight is 290 g/mol. The Morgan fingerprint density at radius 2 is 2.14 bits per heavy atom. The monoisotopic (exact) mass is 290 g/mol. The van der Waals surface area contributed by atoms with E-state index in [4.69, 9.17) is 4.74 Å². The topological polar surface area (TPSA) is 70.6 Å². The van der Waals surface area contributed by atoms with E-state index in [1.54, 1.807) is 0 Å². The van der Waals surface area contributed by atoms with Gasteiger partial charge in [0.1, 0.15) is 5.75 Å². The van der Waals surface area contributed by atoms with Gasteiger partial charge in [-0.1, -0.05) is 6.07 Å². The Morgan fingerprint density at radius 3 is 2.86 bits per heavy atom. The highest BCUT2D eigenvalue weighted by molar-refractivity contribution is 5.82. The van der Waals surface area contributed by atoms with Crippen molar-refractivity contribution in [3.8, 4) is 5.75 Å². The third kappa shape index (κ3) is 2.89. The molecule has 3 atom stereocenters. The molecule has 2 heterocycles. The molecule has 0 aliphatic carbocycles. The summed E-state index contributed by atoms with van der Waals surface area (Å²) in [4.78, 5) is 12.2. The lowest BCUT2D eigenvalue weighted by Gasteiger charge is -2.16. The third-order valence-corrected chi connectivity index (χ3v) is 4.49. The predicted molar refractivity (Wildman–Crippen MR) is 79.4 cm³/mol. The molecule has 0 saturated carbocycles. The number of hydrogen-bond acceptors (Lipinski definition) is 4. The Morgan fingerprint density at radius 1 is 1.38 bits per heavy atom. The van der Waals surface area contributed by atoms with Gasteiger partial charge in [0.15, 0.2) is 6.10 Å². The first-order valence-corrected chi connectivity index (χ1v) is 7.48. The van der Waals surface area contributed by atoms with E-state index in [-0.39, 0.29) is 17.9 Å². The van der Waals surface area contributed by atoms with Crippen molar-refractivity contribution < 1.29 is 14.6 Å². The summed E-state index contributed by atoms with van der Waals surface area (Å²) in [6.45, 7) is 5.94. The number of benzene rings is 1. The number of fused-ring (bicyclic) bond motifs is 1. The maximum absolute atomic E-state index is 12.2. The van der Waals surface area contributed by atoms with Crippen LogP contribution in [0.5, 0.6) is 5.75 Å². The first-order chi connectivity index (χ1) is 10.0. The number of ether oxygens (including phenoxy) is 1. The van der Waals surface area contributed by atoms with E-state index in [1.165, 1.54) is 11.1 Å². The molecule has 1 aromatic rings. The van der Waals surface area contributed by atoms with Gasteiger partial charge in [0.25, 0.3) is 5.91 Å². The molecule has 114 valence electrons. The molecule has 2 aliphatic heterocycles. The summed E-state index contributed by atoms with van der Waals surface area (Å²) in [5.41, 5.74) is 3.49. The number of β-amino-alcohol motifs (C(OH)–C–C–N with tert-alkyl or cyclic N) is 1. The van der Waals surface area contributed by atoms with Gasteiger partial charge in [0.05, 0.1) is 6.10 Å². The van der Waals surface area contributed by atoms with Crippen molar-refractivity contribution >= 4 is 5.91 Å². The Hall–Kier alpha value is -1.59. The van der Waals surface area contributed by atoms with Crippen molar-refractivity contribution in [2.45, 2.75) is 32.5 Å². The van der Waals surface area contributed by atoms with Gasteiger partial charge in [-0.15, -0.1) is 0 Å². The number of aliphatic hydroxyl groups is 1. The van der Waals surface area contributed by atoms with Crippen LogP contribution in [0.3, 0.4) is 0 Å². The van der Waals surface area contributed by atoms with E-state index in [9.17, 15) is 9.90 Å². The summed E-state index contributed by atoms with van der Waals surface area (Å²) < 4.78 is 5.76. The molecule has 21 heavy (non-hydrogen) atoms. The van der Waals surface area contributed by atoms with Crippen molar-refractivity contribution in [3.63, 3.8) is 0 Å². The first kappa shape index (κ1) is 14.4. The van der Waals surface area contributed by atoms with E-state index in [0.29, 0.717) is 19.5 Å². The highest BCUT2D eigenvalue weighted by atomic mass is 16.5. The maximum atomic E-state index is 12.2. The number of aryl methyl sites for hydroxylation is 2. The number of nitrogens with one attached hydrogen (secondary N) is 2. The zero-order chi connectivity index (χ0) is 15.0. The van der Waals surface area contributed by atoms with Crippen molar-refractivity contribution in [2.75, 3.05) is 19.6 Å². The smallest absolute Gasteiger partial charge is 0.261 e. The van der Waals surface area contributed by atoms with Gasteiger partial charge in [0.2, 0.25) is 0 Å². The van der Waals surface area contributed by atoms with Crippen LogP contribution in [0.15, 0.2) is 12.1 Å². The van der Waals surface area contributed by atoms with E-state index >= 15 is 0 Å². The molecule has 0 radical (unpaired) electrons. The van der Waals surface area contributed by atoms with Crippen molar-refractivity contribution in [1.29, 1.82) is 0 Å². The van der Waals surface area contributed by atoms with E-state index in [2.05, 4.69) is 23.6 Å². The Labute approximate surface area is 124 Å². The standard InChI is InChI=1S/C16H22N2O3/c1-9-3-11-5-15(21-14(11)4-10(9)2)16(20)18-7-12-6-17-8-13(12)19/h3-4,12-13,15,17,19H,5-8H2,1-2H3,(H,18,20). The van der Waals surface area contributed by atoms with Crippen LogP contribution in [-0.2, 0) is 11.2 Å². The van der Waals surface area contributed by atoms with Crippen molar-refractivity contribution in [2.24, 2.45) is 5.92 Å². The van der Waals surface area contributed by atoms with Crippen LogP contribution in [0, 0.1) is 19.8 Å². The zero-order valence-corrected chi connectivity index (χ0v) is 12.5. The Kier molecular flexibility index (Phi) is 3.87. The highest BCUT2D eigenvalue weighted by Gasteiger charge is 2.31. The Bertz CT molecular complexity index is 528. The fourth-order valence-electron chi connectivity index (χ4n) is 2.93. The van der Waals surface area contributed by atoms with Crippen LogP contribution in [0.2, 0.25) is 0 Å². The molecule has 0 aromatic heterocycles. The summed E-state index contributed by atoms with van der Waals surface area (Å²) in [6.07, 6.45) is -0.210. The van der Waals surface area contributed by atoms with Crippen LogP contribution in [0.4, 0.5) is 0 Å². The van der Waals surface area contributed by atoms with Crippen LogP contribution >= 0.6 is 0 Å². The SMILES string of the molecule is Cc1cc2c(cc1C)OC(C(=O)NCC1CNCC1O)C2. The molecule has 2 aliphatic rings. The number of aliphatic hydroxyl groups excluding tert-OH is 1. The predicted octanol–water partition coefficient (Wildman–Crippen LogP) is 0.303. The van der Waals surface area contributed by atoms with Crippen LogP contribution in [-0.4, -0.2) is 42.9 Å². The quantitative estimate of drug-likeness (QED) is 0.749. The van der Waals surface area contributed by atoms with E-state index in [1.807, 2.05) is 13.0 Å². The van der Waals surface area contributed by atoms with E-state index < -0.39 is 6.10 Å². The summed E-state index contributed by atoms with van der Waals surface area (Å²) in [5, 5.41) is 15.7. The van der Waals surface area contributed by atoms with Gasteiger partial charge in [0, 0.05) is 32.0 Å². The molecule has 3 rings (SSSR count). The number of carbonyl (C=O) groups is 1. The van der Waals surface area contributed by atoms with Gasteiger partial charge >= 0.3 is 0 Å². The largest absolute Gasteiger partial charge is 0.480 e. The summed E-state index contributed by atoms with van der Waals surface area (Å²) in [7, 11) is 0. The van der Waals surface area contributed by atoms with E-state index in [0.717, 1.165) is 17.9 Å². The van der Waals surface area contributed by atoms with Crippen LogP contribution < -0.4 is 15.4 Å². The average Bonchev–Trinajstić information content (AvgIpc) is 3.03. The molecule has 1 aromatic carbocycles. The number of amides is 1. The maximum Gasteiger partial charge on any atom is 0.261 e. The lowest BCUT2D eigenvalue weighted by atomic mass is 10.0. The zero-order valence-electron chi connectivity index (χ0n) is 12.5. The number of hydrogen-bond donors (Lipinski definition) is 3. The first-order valence-electron chi connectivity index (χ1n) is 7.48. The molecule has 3 N–H and O–H groups in total. The van der Waals surface area contributed by atoms with Crippen LogP contribution in [0.25, 0.3) is 0 Å². The molecule has 5 nitrogen and oxygen atoms in total. The molecule has 1 fully saturated rings. The minimum atomic E-state index is -0.451.